The van der Waals surface area contributed by atoms with E-state index in [1.54, 1.807) is 35.7 Å². The predicted octanol–water partition coefficient (Wildman–Crippen LogP) is 4.02. The van der Waals surface area contributed by atoms with Gasteiger partial charge in [0.15, 0.2) is 0 Å². The lowest BCUT2D eigenvalue weighted by Crippen LogP contribution is -2.25. The molecule has 0 bridgehead atoms. The fourth-order valence-corrected chi connectivity index (χ4v) is 6.46. The Hall–Kier alpha value is -3.74. The minimum absolute atomic E-state index is 0.0266. The molecule has 0 unspecified atom stereocenters. The van der Waals surface area contributed by atoms with Crippen molar-refractivity contribution in [3.63, 3.8) is 0 Å². The first kappa shape index (κ1) is 24.4. The minimum Gasteiger partial charge on any atom is -0.322 e. The summed E-state index contributed by atoms with van der Waals surface area (Å²) in [4.78, 5) is 16.5. The van der Waals surface area contributed by atoms with Gasteiger partial charge in [0.1, 0.15) is 4.21 Å². The molecule has 0 atom stereocenters. The summed E-state index contributed by atoms with van der Waals surface area (Å²) >= 11 is 1.13. The van der Waals surface area contributed by atoms with Crippen molar-refractivity contribution in [2.75, 3.05) is 21.4 Å². The third kappa shape index (κ3) is 5.50. The molecule has 12 heteroatoms. The van der Waals surface area contributed by atoms with E-state index in [-0.39, 0.29) is 9.10 Å². The lowest BCUT2D eigenvalue weighted by Gasteiger charge is -2.18. The Kier molecular flexibility index (Phi) is 6.87. The second-order valence-electron chi connectivity index (χ2n) is 7.28. The number of aromatic nitrogens is 1. The van der Waals surface area contributed by atoms with Crippen LogP contribution < -0.4 is 14.3 Å². The lowest BCUT2D eigenvalue weighted by atomic mass is 10.2. The van der Waals surface area contributed by atoms with Crippen molar-refractivity contribution in [3.05, 3.63) is 96.1 Å². The van der Waals surface area contributed by atoms with Gasteiger partial charge >= 0.3 is 0 Å². The number of nitrogens with one attached hydrogen (secondary N) is 2. The van der Waals surface area contributed by atoms with Crippen molar-refractivity contribution in [2.24, 2.45) is 0 Å². The van der Waals surface area contributed by atoms with Gasteiger partial charge < -0.3 is 5.32 Å². The van der Waals surface area contributed by atoms with Crippen LogP contribution in [0.2, 0.25) is 0 Å². The van der Waals surface area contributed by atoms with Crippen LogP contribution >= 0.6 is 11.3 Å². The van der Waals surface area contributed by atoms with E-state index < -0.39 is 26.0 Å². The number of hydrogen-bond acceptors (Lipinski definition) is 7. The Bertz CT molecular complexity index is 1520. The van der Waals surface area contributed by atoms with E-state index in [0.29, 0.717) is 22.6 Å². The lowest BCUT2D eigenvalue weighted by molar-refractivity contribution is 0.102. The van der Waals surface area contributed by atoms with Crippen molar-refractivity contribution >= 4 is 54.4 Å². The topological polar surface area (TPSA) is 126 Å². The van der Waals surface area contributed by atoms with Gasteiger partial charge in [-0.05, 0) is 72.1 Å². The summed E-state index contributed by atoms with van der Waals surface area (Å²) < 4.78 is 54.2. The first-order valence-electron chi connectivity index (χ1n) is 10.1. The highest BCUT2D eigenvalue weighted by molar-refractivity contribution is 7.94. The number of amides is 1. The highest BCUT2D eigenvalue weighted by Crippen LogP contribution is 2.25. The predicted molar refractivity (Wildman–Crippen MR) is 136 cm³/mol. The Morgan fingerprint density at radius 3 is 2.20 bits per heavy atom. The van der Waals surface area contributed by atoms with Crippen LogP contribution in [0.4, 0.5) is 17.1 Å². The summed E-state index contributed by atoms with van der Waals surface area (Å²) in [6.45, 7) is 0. The normalized spacial score (nSPS) is 11.6. The van der Waals surface area contributed by atoms with Gasteiger partial charge in [-0.3, -0.25) is 18.8 Å². The molecule has 0 fully saturated rings. The van der Waals surface area contributed by atoms with Crippen LogP contribution in [-0.4, -0.2) is 34.8 Å². The van der Waals surface area contributed by atoms with Crippen LogP contribution in [0.25, 0.3) is 0 Å². The highest BCUT2D eigenvalue weighted by atomic mass is 32.2. The molecule has 0 saturated heterocycles. The van der Waals surface area contributed by atoms with Crippen LogP contribution in [-0.2, 0) is 20.0 Å². The number of sulfonamides is 2. The fraction of sp³-hybridized carbons (Fsp3) is 0.0435. The second kappa shape index (κ2) is 9.86. The molecular formula is C23H20N4O5S3. The molecule has 2 N–H and O–H groups in total. The monoisotopic (exact) mass is 528 g/mol. The Balaban J connectivity index is 1.42. The van der Waals surface area contributed by atoms with Crippen LogP contribution in [0, 0.1) is 0 Å². The van der Waals surface area contributed by atoms with Crippen molar-refractivity contribution < 1.29 is 21.6 Å². The van der Waals surface area contributed by atoms with Gasteiger partial charge in [-0.15, -0.1) is 11.3 Å². The zero-order chi connectivity index (χ0) is 25.1. The molecule has 4 rings (SSSR count). The maximum Gasteiger partial charge on any atom is 0.273 e. The van der Waals surface area contributed by atoms with Gasteiger partial charge in [-0.1, -0.05) is 6.07 Å². The number of carbonyl (C=O) groups is 1. The molecule has 0 saturated carbocycles. The van der Waals surface area contributed by atoms with Gasteiger partial charge in [0.05, 0.1) is 22.5 Å². The molecule has 0 aliphatic heterocycles. The second-order valence-corrected chi connectivity index (χ2v) is 12.1. The molecule has 0 spiro atoms. The maximum atomic E-state index is 12.7. The number of pyridine rings is 1. The third-order valence-corrected chi connectivity index (χ3v) is 9.49. The molecule has 2 aromatic heterocycles. The van der Waals surface area contributed by atoms with E-state index in [1.807, 2.05) is 0 Å². The van der Waals surface area contributed by atoms with E-state index in [4.69, 9.17) is 0 Å². The molecule has 0 aliphatic carbocycles. The summed E-state index contributed by atoms with van der Waals surface area (Å²) in [6, 6.07) is 18.2. The molecule has 180 valence electrons. The first-order chi connectivity index (χ1) is 16.7. The Morgan fingerprint density at radius 1 is 0.886 bits per heavy atom. The van der Waals surface area contributed by atoms with Crippen LogP contribution in [0.15, 0.2) is 99.7 Å². The fourth-order valence-electron chi connectivity index (χ4n) is 3.06. The standard InChI is InChI=1S/C23H20N4O5S3/c1-27(35(31,32)22-5-3-15-33-22)20-10-6-17(7-11-20)23(28)25-18-8-12-21(13-9-18)34(29,30)26-19-4-2-14-24-16-19/h2-16,26H,1H3,(H,25,28). The van der Waals surface area contributed by atoms with E-state index >= 15 is 0 Å². The number of thiophene rings is 1. The minimum atomic E-state index is -3.81. The summed E-state index contributed by atoms with van der Waals surface area (Å²) in [5.41, 5.74) is 1.45. The Morgan fingerprint density at radius 2 is 1.60 bits per heavy atom. The molecule has 0 aliphatic rings. The summed E-state index contributed by atoms with van der Waals surface area (Å²) in [5.74, 6) is -0.426. The molecule has 2 heterocycles. The molecule has 35 heavy (non-hydrogen) atoms. The molecule has 4 aromatic rings. The smallest absolute Gasteiger partial charge is 0.273 e. The zero-order valence-corrected chi connectivity index (χ0v) is 20.8. The van der Waals surface area contributed by atoms with E-state index in [2.05, 4.69) is 15.0 Å². The van der Waals surface area contributed by atoms with E-state index in [1.165, 1.54) is 61.9 Å². The number of rotatable bonds is 8. The average Bonchev–Trinajstić information content (AvgIpc) is 3.40. The average molecular weight is 529 g/mol. The van der Waals surface area contributed by atoms with E-state index in [0.717, 1.165) is 15.6 Å². The van der Waals surface area contributed by atoms with Gasteiger partial charge in [-0.25, -0.2) is 16.8 Å². The summed E-state index contributed by atoms with van der Waals surface area (Å²) in [7, 11) is -6.03. The number of benzene rings is 2. The summed E-state index contributed by atoms with van der Waals surface area (Å²) in [5, 5.41) is 4.38. The van der Waals surface area contributed by atoms with E-state index in [9.17, 15) is 21.6 Å². The Labute approximate surface area is 207 Å². The van der Waals surface area contributed by atoms with Crippen molar-refractivity contribution in [3.8, 4) is 0 Å². The van der Waals surface area contributed by atoms with Gasteiger partial charge in [0.25, 0.3) is 26.0 Å². The molecular weight excluding hydrogens is 508 g/mol. The zero-order valence-electron chi connectivity index (χ0n) is 18.3. The van der Waals surface area contributed by atoms with Crippen LogP contribution in [0.3, 0.4) is 0 Å². The molecule has 9 nitrogen and oxygen atoms in total. The van der Waals surface area contributed by atoms with Gasteiger partial charge in [0.2, 0.25) is 0 Å². The number of hydrogen-bond donors (Lipinski definition) is 2. The first-order valence-corrected chi connectivity index (χ1v) is 13.9. The van der Waals surface area contributed by atoms with Crippen LogP contribution in [0.1, 0.15) is 10.4 Å². The number of carbonyl (C=O) groups excluding carboxylic acids is 1. The quantitative estimate of drug-likeness (QED) is 0.356. The summed E-state index contributed by atoms with van der Waals surface area (Å²) in [6.07, 6.45) is 2.93. The largest absolute Gasteiger partial charge is 0.322 e. The van der Waals surface area contributed by atoms with Gasteiger partial charge in [0, 0.05) is 24.5 Å². The SMILES string of the molecule is CN(c1ccc(C(=O)Nc2ccc(S(=O)(=O)Nc3cccnc3)cc2)cc1)S(=O)(=O)c1cccs1. The number of anilines is 3. The molecule has 1 amide bonds. The van der Waals surface area contributed by atoms with Crippen LogP contribution in [0.5, 0.6) is 0 Å². The highest BCUT2D eigenvalue weighted by Gasteiger charge is 2.22. The van der Waals surface area contributed by atoms with Crippen molar-refractivity contribution in [1.82, 2.24) is 4.98 Å². The van der Waals surface area contributed by atoms with Crippen molar-refractivity contribution in [2.45, 2.75) is 9.10 Å². The molecule has 0 radical (unpaired) electrons. The molecule has 2 aromatic carbocycles. The van der Waals surface area contributed by atoms with Gasteiger partial charge in [-0.2, -0.15) is 0 Å². The maximum absolute atomic E-state index is 12.7. The number of nitrogens with zero attached hydrogens (tertiary/aromatic N) is 2. The van der Waals surface area contributed by atoms with Crippen molar-refractivity contribution in [1.29, 1.82) is 0 Å². The third-order valence-electron chi connectivity index (χ3n) is 4.94.